The van der Waals surface area contributed by atoms with Crippen molar-refractivity contribution in [1.82, 2.24) is 10.2 Å². The van der Waals surface area contributed by atoms with E-state index in [0.717, 1.165) is 31.5 Å². The van der Waals surface area contributed by atoms with Gasteiger partial charge in [0.05, 0.1) is 0 Å². The maximum atomic E-state index is 12.1. The van der Waals surface area contributed by atoms with Gasteiger partial charge in [-0.3, -0.25) is 0 Å². The fourth-order valence-corrected chi connectivity index (χ4v) is 3.44. The lowest BCUT2D eigenvalue weighted by atomic mass is 9.73. The Morgan fingerprint density at radius 1 is 1.27 bits per heavy atom. The van der Waals surface area contributed by atoms with E-state index in [1.807, 2.05) is 30.3 Å². The Balaban J connectivity index is 1.64. The van der Waals surface area contributed by atoms with Gasteiger partial charge in [0.25, 0.3) is 0 Å². The first kappa shape index (κ1) is 14.8. The number of rotatable bonds is 4. The third kappa shape index (κ3) is 2.78. The van der Waals surface area contributed by atoms with Crippen molar-refractivity contribution >= 4 is 12.1 Å². The molecule has 1 unspecified atom stereocenters. The zero-order chi connectivity index (χ0) is 15.6. The molecule has 0 saturated carbocycles. The van der Waals surface area contributed by atoms with E-state index in [1.54, 1.807) is 0 Å². The highest BCUT2D eigenvalue weighted by Crippen LogP contribution is 2.36. The van der Waals surface area contributed by atoms with E-state index in [1.165, 1.54) is 0 Å². The minimum absolute atomic E-state index is 0.0284. The van der Waals surface area contributed by atoms with Crippen LogP contribution in [0.1, 0.15) is 18.4 Å². The molecular weight excluding hydrogens is 284 g/mol. The summed E-state index contributed by atoms with van der Waals surface area (Å²) in [5, 5.41) is 12.3. The van der Waals surface area contributed by atoms with Crippen molar-refractivity contribution in [2.45, 2.75) is 25.0 Å². The highest BCUT2D eigenvalue weighted by molar-refractivity contribution is 5.85. The maximum Gasteiger partial charge on any atom is 0.408 e. The van der Waals surface area contributed by atoms with Crippen molar-refractivity contribution in [3.8, 4) is 0 Å². The molecule has 0 aliphatic carbocycles. The third-order valence-electron chi connectivity index (χ3n) is 4.68. The summed E-state index contributed by atoms with van der Waals surface area (Å²) in [6, 6.07) is 9.32. The number of carboxylic acids is 1. The summed E-state index contributed by atoms with van der Waals surface area (Å²) in [5.41, 5.74) is -0.347. The Labute approximate surface area is 129 Å². The number of benzene rings is 1. The van der Waals surface area contributed by atoms with Gasteiger partial charge in [0.2, 0.25) is 0 Å². The number of ether oxygens (including phenoxy) is 1. The lowest BCUT2D eigenvalue weighted by Crippen LogP contribution is -2.70. The van der Waals surface area contributed by atoms with Gasteiger partial charge in [0, 0.05) is 6.54 Å². The van der Waals surface area contributed by atoms with Gasteiger partial charge in [-0.15, -0.1) is 0 Å². The topological polar surface area (TPSA) is 78.9 Å². The normalized spacial score (nSPS) is 29.8. The molecule has 118 valence electrons. The molecular formula is C16H20N2O4. The predicted molar refractivity (Wildman–Crippen MR) is 79.3 cm³/mol. The van der Waals surface area contributed by atoms with Crippen LogP contribution < -0.4 is 5.32 Å². The average Bonchev–Trinajstić information content (AvgIpc) is 2.55. The van der Waals surface area contributed by atoms with Gasteiger partial charge in [0.1, 0.15) is 6.61 Å². The molecule has 1 aromatic carbocycles. The van der Waals surface area contributed by atoms with Crippen molar-refractivity contribution in [2.75, 3.05) is 19.6 Å². The highest BCUT2D eigenvalue weighted by atomic mass is 16.5. The van der Waals surface area contributed by atoms with Crippen molar-refractivity contribution in [2.24, 2.45) is 5.92 Å². The summed E-state index contributed by atoms with van der Waals surface area (Å²) < 4.78 is 5.18. The molecule has 3 aliphatic heterocycles. The number of alkyl carbamates (subject to hydrolysis) is 1. The Morgan fingerprint density at radius 2 is 1.95 bits per heavy atom. The molecule has 0 radical (unpaired) electrons. The number of hydrogen-bond donors (Lipinski definition) is 2. The van der Waals surface area contributed by atoms with Crippen LogP contribution in [0, 0.1) is 5.92 Å². The van der Waals surface area contributed by atoms with Gasteiger partial charge in [-0.1, -0.05) is 30.3 Å². The summed E-state index contributed by atoms with van der Waals surface area (Å²) in [5.74, 6) is -1.00. The van der Waals surface area contributed by atoms with Crippen LogP contribution >= 0.6 is 0 Å². The lowest BCUT2D eigenvalue weighted by molar-refractivity contribution is -0.153. The molecule has 0 spiro atoms. The number of amides is 1. The van der Waals surface area contributed by atoms with Gasteiger partial charge < -0.3 is 20.1 Å². The first-order chi connectivity index (χ1) is 10.6. The van der Waals surface area contributed by atoms with E-state index in [0.29, 0.717) is 6.54 Å². The molecule has 6 heteroatoms. The van der Waals surface area contributed by atoms with Crippen molar-refractivity contribution in [1.29, 1.82) is 0 Å². The number of aliphatic carboxylic acids is 1. The fourth-order valence-electron chi connectivity index (χ4n) is 3.44. The molecule has 3 saturated heterocycles. The second-order valence-electron chi connectivity index (χ2n) is 6.01. The first-order valence-corrected chi connectivity index (χ1v) is 7.55. The zero-order valence-corrected chi connectivity index (χ0v) is 12.3. The molecule has 6 nitrogen and oxygen atoms in total. The summed E-state index contributed by atoms with van der Waals surface area (Å²) in [6.45, 7) is 2.30. The van der Waals surface area contributed by atoms with Crippen LogP contribution in [-0.2, 0) is 16.1 Å². The molecule has 22 heavy (non-hydrogen) atoms. The highest BCUT2D eigenvalue weighted by Gasteiger charge is 2.53. The van der Waals surface area contributed by atoms with E-state index in [2.05, 4.69) is 10.2 Å². The third-order valence-corrected chi connectivity index (χ3v) is 4.68. The molecule has 2 bridgehead atoms. The number of nitrogens with one attached hydrogen (secondary N) is 1. The molecule has 0 aromatic heterocycles. The van der Waals surface area contributed by atoms with Crippen LogP contribution in [-0.4, -0.2) is 47.2 Å². The van der Waals surface area contributed by atoms with Crippen LogP contribution in [0.5, 0.6) is 0 Å². The number of piperidine rings is 3. The van der Waals surface area contributed by atoms with E-state index in [4.69, 9.17) is 4.74 Å². The van der Waals surface area contributed by atoms with E-state index in [-0.39, 0.29) is 12.5 Å². The molecule has 1 aromatic rings. The quantitative estimate of drug-likeness (QED) is 0.880. The standard InChI is InChI=1S/C16H20N2O4/c19-14(20)16(11-18-8-6-13(16)7-9-18)17-15(21)22-10-12-4-2-1-3-5-12/h1-5,13H,6-11H2,(H,17,21)(H,19,20). The molecule has 3 fully saturated rings. The number of carbonyl (C=O) groups excluding carboxylic acids is 1. The smallest absolute Gasteiger partial charge is 0.408 e. The Kier molecular flexibility index (Phi) is 4.02. The number of nitrogens with zero attached hydrogens (tertiary/aromatic N) is 1. The Hall–Kier alpha value is -2.08. The number of fused-ring (bicyclic) bond motifs is 3. The molecule has 1 amide bonds. The van der Waals surface area contributed by atoms with Gasteiger partial charge in [-0.25, -0.2) is 9.59 Å². The average molecular weight is 304 g/mol. The molecule has 3 aliphatic rings. The number of hydrogen-bond acceptors (Lipinski definition) is 4. The largest absolute Gasteiger partial charge is 0.479 e. The summed E-state index contributed by atoms with van der Waals surface area (Å²) in [6.07, 6.45) is 0.927. The van der Waals surface area contributed by atoms with Crippen molar-refractivity contribution in [3.63, 3.8) is 0 Å². The molecule has 4 rings (SSSR count). The van der Waals surface area contributed by atoms with Gasteiger partial charge >= 0.3 is 12.1 Å². The Bertz CT molecular complexity index is 555. The summed E-state index contributed by atoms with van der Waals surface area (Å²) in [7, 11) is 0. The van der Waals surface area contributed by atoms with E-state index >= 15 is 0 Å². The monoisotopic (exact) mass is 304 g/mol. The van der Waals surface area contributed by atoms with Crippen LogP contribution in [0.4, 0.5) is 4.79 Å². The first-order valence-electron chi connectivity index (χ1n) is 7.55. The van der Waals surface area contributed by atoms with Crippen molar-refractivity contribution < 1.29 is 19.4 Å². The van der Waals surface area contributed by atoms with Crippen LogP contribution in [0.2, 0.25) is 0 Å². The Morgan fingerprint density at radius 3 is 2.50 bits per heavy atom. The number of carbonyl (C=O) groups is 2. The van der Waals surface area contributed by atoms with Crippen LogP contribution in [0.15, 0.2) is 30.3 Å². The van der Waals surface area contributed by atoms with Crippen LogP contribution in [0.25, 0.3) is 0 Å². The minimum Gasteiger partial charge on any atom is -0.479 e. The fraction of sp³-hybridized carbons (Fsp3) is 0.500. The van der Waals surface area contributed by atoms with Gasteiger partial charge in [-0.05, 0) is 37.4 Å². The number of carboxylic acid groups (broad SMARTS) is 1. The summed E-state index contributed by atoms with van der Waals surface area (Å²) in [4.78, 5) is 25.9. The molecule has 3 heterocycles. The molecule has 2 N–H and O–H groups in total. The van der Waals surface area contributed by atoms with Gasteiger partial charge in [-0.2, -0.15) is 0 Å². The predicted octanol–water partition coefficient (Wildman–Crippen LogP) is 1.46. The maximum absolute atomic E-state index is 12.1. The second-order valence-corrected chi connectivity index (χ2v) is 6.01. The lowest BCUT2D eigenvalue weighted by Gasteiger charge is -2.50. The zero-order valence-electron chi connectivity index (χ0n) is 12.3. The second kappa shape index (κ2) is 5.96. The van der Waals surface area contributed by atoms with E-state index < -0.39 is 17.6 Å². The minimum atomic E-state index is -1.22. The SMILES string of the molecule is O=C(NC1(C(=O)O)CN2CCC1CC2)OCc1ccccc1. The van der Waals surface area contributed by atoms with E-state index in [9.17, 15) is 14.7 Å². The summed E-state index contributed by atoms with van der Waals surface area (Å²) >= 11 is 0. The van der Waals surface area contributed by atoms with Crippen molar-refractivity contribution in [3.05, 3.63) is 35.9 Å². The van der Waals surface area contributed by atoms with Gasteiger partial charge in [0.15, 0.2) is 5.54 Å². The molecule has 1 atom stereocenters. The van der Waals surface area contributed by atoms with Crippen LogP contribution in [0.3, 0.4) is 0 Å².